The molecule has 0 bridgehead atoms. The van der Waals surface area contributed by atoms with Crippen molar-refractivity contribution < 1.29 is 14.2 Å². The van der Waals surface area contributed by atoms with Crippen molar-refractivity contribution in [3.05, 3.63) is 29.8 Å². The molecule has 0 radical (unpaired) electrons. The highest BCUT2D eigenvalue weighted by molar-refractivity contribution is 14.0. The molecule has 6 nitrogen and oxygen atoms in total. The van der Waals surface area contributed by atoms with Crippen LogP contribution in [0.25, 0.3) is 0 Å². The van der Waals surface area contributed by atoms with Crippen LogP contribution >= 0.6 is 24.0 Å². The van der Waals surface area contributed by atoms with Gasteiger partial charge in [-0.1, -0.05) is 18.2 Å². The number of nitrogens with one attached hydrogen (secondary N) is 2. The molecule has 0 aliphatic rings. The minimum Gasteiger partial charge on any atom is -0.494 e. The molecule has 0 unspecified atom stereocenters. The number of ether oxygens (including phenoxy) is 3. The summed E-state index contributed by atoms with van der Waals surface area (Å²) in [4.78, 5) is 4.23. The Morgan fingerprint density at radius 3 is 2.56 bits per heavy atom. The first kappa shape index (κ1) is 23.9. The van der Waals surface area contributed by atoms with Crippen LogP contribution in [0.3, 0.4) is 0 Å². The molecule has 7 heteroatoms. The maximum Gasteiger partial charge on any atom is 0.190 e. The Labute approximate surface area is 168 Å². The molecular weight excluding hydrogens is 433 g/mol. The summed E-state index contributed by atoms with van der Waals surface area (Å²) in [6.45, 7) is 6.30. The lowest BCUT2D eigenvalue weighted by atomic mass is 10.1. The molecule has 1 aromatic rings. The van der Waals surface area contributed by atoms with E-state index in [2.05, 4.69) is 21.7 Å². The molecule has 0 fully saturated rings. The molecule has 1 aromatic carbocycles. The molecular formula is C18H32IN3O3. The maximum atomic E-state index is 5.64. The van der Waals surface area contributed by atoms with E-state index in [0.717, 1.165) is 44.2 Å². The average Bonchev–Trinajstić information content (AvgIpc) is 2.61. The smallest absolute Gasteiger partial charge is 0.190 e. The highest BCUT2D eigenvalue weighted by Crippen LogP contribution is 2.17. The summed E-state index contributed by atoms with van der Waals surface area (Å²) in [6.07, 6.45) is 1.81. The molecule has 0 heterocycles. The van der Waals surface area contributed by atoms with Crippen molar-refractivity contribution in [2.45, 2.75) is 19.8 Å². The molecule has 0 amide bonds. The number of para-hydroxylation sites is 1. The fourth-order valence-electron chi connectivity index (χ4n) is 2.17. The Morgan fingerprint density at radius 1 is 1.08 bits per heavy atom. The van der Waals surface area contributed by atoms with E-state index < -0.39 is 0 Å². The lowest BCUT2D eigenvalue weighted by molar-refractivity contribution is 0.0698. The van der Waals surface area contributed by atoms with Crippen LogP contribution in [0, 0.1) is 0 Å². The van der Waals surface area contributed by atoms with Gasteiger partial charge in [-0.3, -0.25) is 4.99 Å². The number of methoxy groups -OCH3 is 1. The Kier molecular flexibility index (Phi) is 15.7. The Hall–Kier alpha value is -1.06. The second-order valence-electron chi connectivity index (χ2n) is 5.18. The van der Waals surface area contributed by atoms with E-state index in [1.165, 1.54) is 5.56 Å². The van der Waals surface area contributed by atoms with E-state index in [-0.39, 0.29) is 24.0 Å². The van der Waals surface area contributed by atoms with Crippen molar-refractivity contribution >= 4 is 29.9 Å². The normalized spacial score (nSPS) is 10.9. The Morgan fingerprint density at radius 2 is 1.84 bits per heavy atom. The van der Waals surface area contributed by atoms with Gasteiger partial charge in [0.15, 0.2) is 5.96 Å². The van der Waals surface area contributed by atoms with Gasteiger partial charge in [0.05, 0.1) is 19.8 Å². The third kappa shape index (κ3) is 11.2. The van der Waals surface area contributed by atoms with Crippen molar-refractivity contribution in [2.75, 3.05) is 53.7 Å². The molecule has 0 aromatic heterocycles. The van der Waals surface area contributed by atoms with Gasteiger partial charge in [-0.05, 0) is 31.4 Å². The molecule has 0 aliphatic carbocycles. The Bertz CT molecular complexity index is 473. The van der Waals surface area contributed by atoms with Gasteiger partial charge >= 0.3 is 0 Å². The number of guanidine groups is 1. The topological polar surface area (TPSA) is 64.1 Å². The lowest BCUT2D eigenvalue weighted by Crippen LogP contribution is -2.39. The molecule has 0 atom stereocenters. The van der Waals surface area contributed by atoms with E-state index in [0.29, 0.717) is 19.8 Å². The van der Waals surface area contributed by atoms with Crippen LogP contribution in [0.2, 0.25) is 0 Å². The van der Waals surface area contributed by atoms with E-state index in [1.54, 1.807) is 14.2 Å². The summed E-state index contributed by atoms with van der Waals surface area (Å²) >= 11 is 0. The lowest BCUT2D eigenvalue weighted by Gasteiger charge is -2.13. The predicted molar refractivity (Wildman–Crippen MR) is 113 cm³/mol. The number of aliphatic imine (C=N–C) groups is 1. The molecule has 25 heavy (non-hydrogen) atoms. The second-order valence-corrected chi connectivity index (χ2v) is 5.18. The van der Waals surface area contributed by atoms with Crippen LogP contribution in [-0.4, -0.2) is 59.6 Å². The van der Waals surface area contributed by atoms with Crippen molar-refractivity contribution in [3.8, 4) is 5.75 Å². The van der Waals surface area contributed by atoms with Crippen LogP contribution in [0.1, 0.15) is 18.9 Å². The van der Waals surface area contributed by atoms with Crippen molar-refractivity contribution in [2.24, 2.45) is 4.99 Å². The van der Waals surface area contributed by atoms with E-state index in [4.69, 9.17) is 14.2 Å². The quantitative estimate of drug-likeness (QED) is 0.215. The summed E-state index contributed by atoms with van der Waals surface area (Å²) in [7, 11) is 3.45. The van der Waals surface area contributed by atoms with Gasteiger partial charge in [-0.15, -0.1) is 24.0 Å². The predicted octanol–water partition coefficient (Wildman–Crippen LogP) is 2.46. The van der Waals surface area contributed by atoms with Gasteiger partial charge in [0.25, 0.3) is 0 Å². The van der Waals surface area contributed by atoms with E-state index in [1.807, 2.05) is 25.1 Å². The SMILES string of the molecule is CCOc1ccccc1CCNC(=NC)NCCCOCCOC.I. The second kappa shape index (κ2) is 16.4. The van der Waals surface area contributed by atoms with Gasteiger partial charge in [-0.25, -0.2) is 0 Å². The van der Waals surface area contributed by atoms with Crippen LogP contribution < -0.4 is 15.4 Å². The average molecular weight is 465 g/mol. The van der Waals surface area contributed by atoms with Gasteiger partial charge < -0.3 is 24.8 Å². The molecule has 144 valence electrons. The molecule has 0 saturated carbocycles. The summed E-state index contributed by atoms with van der Waals surface area (Å²) in [5.74, 6) is 1.76. The number of rotatable bonds is 12. The monoisotopic (exact) mass is 465 g/mol. The van der Waals surface area contributed by atoms with Crippen LogP contribution in [0.4, 0.5) is 0 Å². The first-order valence-electron chi connectivity index (χ1n) is 8.53. The van der Waals surface area contributed by atoms with Gasteiger partial charge in [0.1, 0.15) is 5.75 Å². The fraction of sp³-hybridized carbons (Fsp3) is 0.611. The van der Waals surface area contributed by atoms with Crippen molar-refractivity contribution in [1.29, 1.82) is 0 Å². The standard InChI is InChI=1S/C18H31N3O3.HI/c1-4-24-17-9-6-5-8-16(17)10-12-21-18(19-2)20-11-7-13-23-15-14-22-3;/h5-6,8-9H,4,7,10-15H2,1-3H3,(H2,19,20,21);1H. The summed E-state index contributed by atoms with van der Waals surface area (Å²) in [5.41, 5.74) is 1.20. The van der Waals surface area contributed by atoms with Gasteiger partial charge in [0.2, 0.25) is 0 Å². The first-order chi connectivity index (χ1) is 11.8. The zero-order valence-corrected chi connectivity index (χ0v) is 17.9. The molecule has 0 aliphatic heterocycles. The minimum atomic E-state index is 0. The van der Waals surface area contributed by atoms with Crippen molar-refractivity contribution in [3.63, 3.8) is 0 Å². The highest BCUT2D eigenvalue weighted by atomic mass is 127. The number of halogens is 1. The number of hydrogen-bond donors (Lipinski definition) is 2. The van der Waals surface area contributed by atoms with E-state index >= 15 is 0 Å². The minimum absolute atomic E-state index is 0. The summed E-state index contributed by atoms with van der Waals surface area (Å²) in [5, 5.41) is 6.60. The van der Waals surface area contributed by atoms with Gasteiger partial charge in [-0.2, -0.15) is 0 Å². The maximum absolute atomic E-state index is 5.64. The largest absolute Gasteiger partial charge is 0.494 e. The molecule has 1 rings (SSSR count). The van der Waals surface area contributed by atoms with Crippen LogP contribution in [-0.2, 0) is 15.9 Å². The van der Waals surface area contributed by atoms with Gasteiger partial charge in [0, 0.05) is 33.9 Å². The first-order valence-corrected chi connectivity index (χ1v) is 8.53. The highest BCUT2D eigenvalue weighted by Gasteiger charge is 2.03. The molecule has 2 N–H and O–H groups in total. The fourth-order valence-corrected chi connectivity index (χ4v) is 2.17. The third-order valence-corrected chi connectivity index (χ3v) is 3.37. The van der Waals surface area contributed by atoms with Crippen LogP contribution in [0.5, 0.6) is 5.75 Å². The molecule has 0 spiro atoms. The van der Waals surface area contributed by atoms with Crippen molar-refractivity contribution in [1.82, 2.24) is 10.6 Å². The zero-order chi connectivity index (χ0) is 17.5. The summed E-state index contributed by atoms with van der Waals surface area (Å²) in [6, 6.07) is 8.14. The number of benzene rings is 1. The Balaban J connectivity index is 0.00000576. The third-order valence-electron chi connectivity index (χ3n) is 3.37. The zero-order valence-electron chi connectivity index (χ0n) is 15.5. The molecule has 0 saturated heterocycles. The van der Waals surface area contributed by atoms with E-state index in [9.17, 15) is 0 Å². The number of hydrogen-bond acceptors (Lipinski definition) is 4. The summed E-state index contributed by atoms with van der Waals surface area (Å²) < 4.78 is 16.0. The number of nitrogens with zero attached hydrogens (tertiary/aromatic N) is 1. The van der Waals surface area contributed by atoms with Crippen LogP contribution in [0.15, 0.2) is 29.3 Å².